The highest BCUT2D eigenvalue weighted by atomic mass is 32.1. The topological polar surface area (TPSA) is 82.2 Å². The number of hydrogen-bond acceptors (Lipinski definition) is 8. The summed E-state index contributed by atoms with van der Waals surface area (Å²) < 4.78 is 5.59. The Labute approximate surface area is 184 Å². The average Bonchev–Trinajstić information content (AvgIpc) is 3.46. The Bertz CT molecular complexity index is 1210. The molecule has 2 fully saturated rings. The zero-order valence-electron chi connectivity index (χ0n) is 17.3. The van der Waals surface area contributed by atoms with Crippen LogP contribution in [0.15, 0.2) is 30.7 Å². The molecular formula is C22H25N7OS. The first-order chi connectivity index (χ1) is 15.3. The minimum Gasteiger partial charge on any atom is -0.378 e. The average molecular weight is 436 g/mol. The van der Waals surface area contributed by atoms with Crippen LogP contribution in [0.3, 0.4) is 0 Å². The van der Waals surface area contributed by atoms with Gasteiger partial charge in [-0.3, -0.25) is 9.88 Å². The lowest BCUT2D eigenvalue weighted by atomic mass is 10.1. The summed E-state index contributed by atoms with van der Waals surface area (Å²) in [5, 5.41) is 5.67. The predicted molar refractivity (Wildman–Crippen MR) is 124 cm³/mol. The molecule has 8 nitrogen and oxygen atoms in total. The first-order valence-corrected chi connectivity index (χ1v) is 11.6. The maximum Gasteiger partial charge on any atom is 0.165 e. The van der Waals surface area contributed by atoms with E-state index in [0.29, 0.717) is 0 Å². The summed E-state index contributed by atoms with van der Waals surface area (Å²) in [4.78, 5) is 25.0. The number of nitrogens with one attached hydrogen (secondary N) is 2. The molecule has 0 radical (unpaired) electrons. The van der Waals surface area contributed by atoms with E-state index in [0.717, 1.165) is 97.4 Å². The lowest BCUT2D eigenvalue weighted by molar-refractivity contribution is 0.122. The normalized spacial score (nSPS) is 18.3. The molecule has 4 aromatic rings. The molecule has 0 aliphatic carbocycles. The number of anilines is 1. The van der Waals surface area contributed by atoms with Gasteiger partial charge in [-0.1, -0.05) is 0 Å². The predicted octanol–water partition coefficient (Wildman–Crippen LogP) is 2.48. The smallest absolute Gasteiger partial charge is 0.165 e. The maximum absolute atomic E-state index is 5.59. The van der Waals surface area contributed by atoms with Gasteiger partial charge >= 0.3 is 0 Å². The van der Waals surface area contributed by atoms with Crippen molar-refractivity contribution in [3.05, 3.63) is 35.6 Å². The molecule has 31 heavy (non-hydrogen) atoms. The second-order valence-corrected chi connectivity index (χ2v) is 9.17. The van der Waals surface area contributed by atoms with Crippen LogP contribution in [0.4, 0.5) is 5.82 Å². The highest BCUT2D eigenvalue weighted by Crippen LogP contribution is 2.35. The minimum absolute atomic E-state index is 0.730. The number of morpholine rings is 1. The largest absolute Gasteiger partial charge is 0.378 e. The maximum atomic E-state index is 5.59. The van der Waals surface area contributed by atoms with Crippen LogP contribution >= 0.6 is 11.3 Å². The van der Waals surface area contributed by atoms with Crippen LogP contribution in [0.5, 0.6) is 0 Å². The van der Waals surface area contributed by atoms with Crippen LogP contribution in [0.1, 0.15) is 4.88 Å². The molecule has 0 spiro atoms. The zero-order valence-corrected chi connectivity index (χ0v) is 18.1. The molecule has 6 rings (SSSR count). The van der Waals surface area contributed by atoms with Crippen molar-refractivity contribution in [2.24, 2.45) is 0 Å². The van der Waals surface area contributed by atoms with E-state index in [4.69, 9.17) is 14.7 Å². The van der Waals surface area contributed by atoms with Gasteiger partial charge in [0, 0.05) is 74.0 Å². The highest BCUT2D eigenvalue weighted by molar-refractivity contribution is 7.18. The number of rotatable bonds is 4. The van der Waals surface area contributed by atoms with E-state index in [-0.39, 0.29) is 0 Å². The van der Waals surface area contributed by atoms with E-state index in [1.165, 1.54) is 4.88 Å². The SMILES string of the molecule is c1cc2c(-c3nc(N4CCOCC4)c4cc(CN5CCNCC5)sc4n3)cncc2[nH]1. The van der Waals surface area contributed by atoms with Crippen LogP contribution in [0.25, 0.3) is 32.5 Å². The molecule has 160 valence electrons. The third kappa shape index (κ3) is 3.67. The Balaban J connectivity index is 1.46. The fourth-order valence-corrected chi connectivity index (χ4v) is 5.48. The van der Waals surface area contributed by atoms with Crippen molar-refractivity contribution in [1.82, 2.24) is 30.2 Å². The fraction of sp³-hybridized carbons (Fsp3) is 0.409. The summed E-state index contributed by atoms with van der Waals surface area (Å²) >= 11 is 1.79. The van der Waals surface area contributed by atoms with Crippen LogP contribution < -0.4 is 10.2 Å². The van der Waals surface area contributed by atoms with Gasteiger partial charge in [-0.05, 0) is 12.1 Å². The van der Waals surface area contributed by atoms with Crippen LogP contribution in [-0.4, -0.2) is 77.3 Å². The third-order valence-corrected chi connectivity index (χ3v) is 7.05. The number of pyridine rings is 1. The van der Waals surface area contributed by atoms with Gasteiger partial charge in [0.05, 0.1) is 30.3 Å². The minimum atomic E-state index is 0.730. The van der Waals surface area contributed by atoms with Gasteiger partial charge in [0.15, 0.2) is 5.82 Å². The first-order valence-electron chi connectivity index (χ1n) is 10.8. The molecule has 2 N–H and O–H groups in total. The van der Waals surface area contributed by atoms with Gasteiger partial charge in [-0.25, -0.2) is 9.97 Å². The van der Waals surface area contributed by atoms with Crippen molar-refractivity contribution in [2.45, 2.75) is 6.54 Å². The summed E-state index contributed by atoms with van der Waals surface area (Å²) in [5.41, 5.74) is 1.96. The second-order valence-electron chi connectivity index (χ2n) is 8.05. The Morgan fingerprint density at radius 1 is 1.03 bits per heavy atom. The number of piperazine rings is 1. The van der Waals surface area contributed by atoms with Crippen molar-refractivity contribution in [3.63, 3.8) is 0 Å². The molecule has 0 saturated carbocycles. The number of nitrogens with zero attached hydrogens (tertiary/aromatic N) is 5. The Hall–Kier alpha value is -2.59. The van der Waals surface area contributed by atoms with Gasteiger partial charge in [0.1, 0.15) is 10.6 Å². The molecule has 2 aliphatic rings. The molecule has 0 atom stereocenters. The number of aromatic amines is 1. The molecule has 6 heterocycles. The quantitative estimate of drug-likeness (QED) is 0.510. The number of H-pyrrole nitrogens is 1. The van der Waals surface area contributed by atoms with Crippen molar-refractivity contribution in [3.8, 4) is 11.4 Å². The third-order valence-electron chi connectivity index (χ3n) is 6.04. The van der Waals surface area contributed by atoms with Crippen LogP contribution in [0.2, 0.25) is 0 Å². The summed E-state index contributed by atoms with van der Waals surface area (Å²) in [7, 11) is 0. The molecule has 9 heteroatoms. The zero-order chi connectivity index (χ0) is 20.6. The lowest BCUT2D eigenvalue weighted by Crippen LogP contribution is -2.42. The standard InChI is InChI=1S/C22H25N7OS/c1-2-25-19-13-24-12-18(16(1)19)20-26-21(29-7-9-30-10-8-29)17-11-15(31-22(17)27-20)14-28-5-3-23-4-6-28/h1-2,11-13,23,25H,3-10,14H2. The van der Waals surface area contributed by atoms with E-state index in [9.17, 15) is 0 Å². The van der Waals surface area contributed by atoms with Crippen LogP contribution in [0, 0.1) is 0 Å². The van der Waals surface area contributed by atoms with E-state index >= 15 is 0 Å². The number of aromatic nitrogens is 4. The molecule has 0 aromatic carbocycles. The monoisotopic (exact) mass is 435 g/mol. The molecule has 2 aliphatic heterocycles. The summed E-state index contributed by atoms with van der Waals surface area (Å²) in [6, 6.07) is 4.37. The Morgan fingerprint density at radius 2 is 1.90 bits per heavy atom. The molecule has 0 bridgehead atoms. The number of fused-ring (bicyclic) bond motifs is 2. The molecule has 4 aromatic heterocycles. The van der Waals surface area contributed by atoms with E-state index in [1.54, 1.807) is 11.3 Å². The van der Waals surface area contributed by atoms with Gasteiger partial charge < -0.3 is 19.9 Å². The lowest BCUT2D eigenvalue weighted by Gasteiger charge is -2.28. The first kappa shape index (κ1) is 19.1. The van der Waals surface area contributed by atoms with Crippen molar-refractivity contribution in [1.29, 1.82) is 0 Å². The van der Waals surface area contributed by atoms with Gasteiger partial charge in [-0.2, -0.15) is 0 Å². The summed E-state index contributed by atoms with van der Waals surface area (Å²) in [6.45, 7) is 8.41. The second kappa shape index (κ2) is 8.16. The number of ether oxygens (including phenoxy) is 1. The Morgan fingerprint density at radius 3 is 2.77 bits per heavy atom. The number of thiophene rings is 1. The molecule has 2 saturated heterocycles. The highest BCUT2D eigenvalue weighted by Gasteiger charge is 2.21. The molecular weight excluding hydrogens is 410 g/mol. The van der Waals surface area contributed by atoms with E-state index < -0.39 is 0 Å². The van der Waals surface area contributed by atoms with Crippen molar-refractivity contribution < 1.29 is 4.74 Å². The van der Waals surface area contributed by atoms with Gasteiger partial charge in [-0.15, -0.1) is 11.3 Å². The molecule has 0 amide bonds. The van der Waals surface area contributed by atoms with Crippen molar-refractivity contribution in [2.75, 3.05) is 57.4 Å². The van der Waals surface area contributed by atoms with Gasteiger partial charge in [0.25, 0.3) is 0 Å². The van der Waals surface area contributed by atoms with E-state index in [2.05, 4.69) is 37.2 Å². The molecule has 0 unspecified atom stereocenters. The van der Waals surface area contributed by atoms with Gasteiger partial charge in [0.2, 0.25) is 0 Å². The van der Waals surface area contributed by atoms with Crippen molar-refractivity contribution >= 4 is 38.3 Å². The summed E-state index contributed by atoms with van der Waals surface area (Å²) in [6.07, 6.45) is 5.65. The summed E-state index contributed by atoms with van der Waals surface area (Å²) in [5.74, 6) is 1.75. The van der Waals surface area contributed by atoms with Crippen LogP contribution in [-0.2, 0) is 11.3 Å². The number of hydrogen-bond donors (Lipinski definition) is 2. The van der Waals surface area contributed by atoms with E-state index in [1.807, 2.05) is 18.6 Å². The Kier molecular flexibility index (Phi) is 5.03. The fourth-order valence-electron chi connectivity index (χ4n) is 4.42.